The number of phenols is 1. The van der Waals surface area contributed by atoms with Crippen molar-refractivity contribution in [3.8, 4) is 22.6 Å². The Morgan fingerprint density at radius 2 is 1.83 bits per heavy atom. The molecular formula is C15H12O2S. The second-order valence-electron chi connectivity index (χ2n) is 4.06. The van der Waals surface area contributed by atoms with Crippen molar-refractivity contribution in [2.75, 3.05) is 7.11 Å². The van der Waals surface area contributed by atoms with E-state index in [1.54, 1.807) is 30.6 Å². The maximum Gasteiger partial charge on any atom is 0.118 e. The molecule has 0 bridgehead atoms. The number of aromatic hydroxyl groups is 1. The molecule has 3 rings (SSSR count). The Morgan fingerprint density at radius 3 is 2.56 bits per heavy atom. The van der Waals surface area contributed by atoms with Crippen LogP contribution >= 0.6 is 11.3 Å². The summed E-state index contributed by atoms with van der Waals surface area (Å²) >= 11 is 1.64. The van der Waals surface area contributed by atoms with Gasteiger partial charge >= 0.3 is 0 Å². The highest BCUT2D eigenvalue weighted by molar-refractivity contribution is 7.17. The van der Waals surface area contributed by atoms with Gasteiger partial charge in [-0.05, 0) is 41.3 Å². The van der Waals surface area contributed by atoms with Gasteiger partial charge in [0, 0.05) is 15.6 Å². The third-order valence-corrected chi connectivity index (χ3v) is 3.91. The van der Waals surface area contributed by atoms with Gasteiger partial charge in [0.2, 0.25) is 0 Å². The first-order chi connectivity index (χ1) is 8.78. The van der Waals surface area contributed by atoms with Crippen molar-refractivity contribution in [3.63, 3.8) is 0 Å². The van der Waals surface area contributed by atoms with Crippen LogP contribution < -0.4 is 4.74 Å². The van der Waals surface area contributed by atoms with Gasteiger partial charge in [0.1, 0.15) is 11.5 Å². The monoisotopic (exact) mass is 256 g/mol. The smallest absolute Gasteiger partial charge is 0.118 e. The number of phenolic OH excluding ortho intramolecular Hbond substituents is 1. The number of ether oxygens (including phenoxy) is 1. The Bertz CT molecular complexity index is 683. The third kappa shape index (κ3) is 1.83. The largest absolute Gasteiger partial charge is 0.508 e. The zero-order valence-electron chi connectivity index (χ0n) is 9.88. The normalized spacial score (nSPS) is 10.7. The van der Waals surface area contributed by atoms with Crippen LogP contribution in [-0.4, -0.2) is 12.2 Å². The second kappa shape index (κ2) is 4.35. The summed E-state index contributed by atoms with van der Waals surface area (Å²) in [6.45, 7) is 0. The average molecular weight is 256 g/mol. The van der Waals surface area contributed by atoms with Crippen molar-refractivity contribution in [1.29, 1.82) is 0 Å². The van der Waals surface area contributed by atoms with Crippen molar-refractivity contribution in [2.45, 2.75) is 0 Å². The lowest BCUT2D eigenvalue weighted by molar-refractivity contribution is 0.415. The highest BCUT2D eigenvalue weighted by Crippen LogP contribution is 2.36. The minimum atomic E-state index is 0.311. The molecule has 18 heavy (non-hydrogen) atoms. The van der Waals surface area contributed by atoms with E-state index in [2.05, 4.69) is 5.38 Å². The molecule has 0 atom stereocenters. The van der Waals surface area contributed by atoms with Crippen LogP contribution in [0.2, 0.25) is 0 Å². The molecule has 0 aliphatic carbocycles. The first-order valence-electron chi connectivity index (χ1n) is 5.62. The summed E-state index contributed by atoms with van der Waals surface area (Å²) in [4.78, 5) is 0. The first kappa shape index (κ1) is 11.1. The Hall–Kier alpha value is -2.00. The molecule has 3 aromatic rings. The number of fused-ring (bicyclic) bond motifs is 1. The van der Waals surface area contributed by atoms with Gasteiger partial charge in [-0.15, -0.1) is 11.3 Å². The minimum Gasteiger partial charge on any atom is -0.508 e. The Morgan fingerprint density at radius 1 is 1.06 bits per heavy atom. The van der Waals surface area contributed by atoms with Crippen molar-refractivity contribution in [1.82, 2.24) is 0 Å². The Balaban J connectivity index is 2.13. The highest BCUT2D eigenvalue weighted by Gasteiger charge is 2.07. The van der Waals surface area contributed by atoms with Crippen molar-refractivity contribution in [2.24, 2.45) is 0 Å². The maximum atomic E-state index is 9.47. The molecule has 0 amide bonds. The molecule has 0 saturated heterocycles. The van der Waals surface area contributed by atoms with Crippen molar-refractivity contribution >= 4 is 21.4 Å². The van der Waals surface area contributed by atoms with Gasteiger partial charge in [-0.1, -0.05) is 12.1 Å². The van der Waals surface area contributed by atoms with Gasteiger partial charge in [0.05, 0.1) is 7.11 Å². The van der Waals surface area contributed by atoms with Crippen LogP contribution in [-0.2, 0) is 0 Å². The Labute approximate surface area is 109 Å². The summed E-state index contributed by atoms with van der Waals surface area (Å²) in [7, 11) is 1.66. The van der Waals surface area contributed by atoms with Crippen LogP contribution in [0.25, 0.3) is 21.2 Å². The van der Waals surface area contributed by atoms with Crippen LogP contribution in [0.1, 0.15) is 0 Å². The maximum absolute atomic E-state index is 9.47. The molecule has 90 valence electrons. The fraction of sp³-hybridized carbons (Fsp3) is 0.0667. The lowest BCUT2D eigenvalue weighted by Gasteiger charge is -2.02. The van der Waals surface area contributed by atoms with Crippen LogP contribution in [0, 0.1) is 0 Å². The summed E-state index contributed by atoms with van der Waals surface area (Å²) in [6.07, 6.45) is 0. The summed E-state index contributed by atoms with van der Waals surface area (Å²) in [5.41, 5.74) is 2.35. The topological polar surface area (TPSA) is 29.5 Å². The van der Waals surface area contributed by atoms with Crippen molar-refractivity contribution < 1.29 is 9.84 Å². The highest BCUT2D eigenvalue weighted by atomic mass is 32.1. The molecule has 3 heteroatoms. The third-order valence-electron chi connectivity index (χ3n) is 2.96. The second-order valence-corrected chi connectivity index (χ2v) is 4.97. The molecule has 0 aliphatic rings. The van der Waals surface area contributed by atoms with Gasteiger partial charge in [-0.25, -0.2) is 0 Å². The number of thiophene rings is 1. The molecule has 0 radical (unpaired) electrons. The zero-order valence-corrected chi connectivity index (χ0v) is 10.7. The number of benzene rings is 2. The van der Waals surface area contributed by atoms with E-state index >= 15 is 0 Å². The molecule has 0 saturated carbocycles. The average Bonchev–Trinajstić information content (AvgIpc) is 2.81. The van der Waals surface area contributed by atoms with E-state index < -0.39 is 0 Å². The number of methoxy groups -OCH3 is 1. The van der Waals surface area contributed by atoms with E-state index in [9.17, 15) is 5.11 Å². The van der Waals surface area contributed by atoms with Gasteiger partial charge in [-0.2, -0.15) is 0 Å². The molecule has 1 N–H and O–H groups in total. The molecule has 0 fully saturated rings. The van der Waals surface area contributed by atoms with Gasteiger partial charge in [-0.3, -0.25) is 0 Å². The lowest BCUT2D eigenvalue weighted by Crippen LogP contribution is -1.82. The molecule has 2 nitrogen and oxygen atoms in total. The number of hydrogen-bond acceptors (Lipinski definition) is 3. The van der Waals surface area contributed by atoms with Crippen LogP contribution in [0.3, 0.4) is 0 Å². The molecule has 0 spiro atoms. The first-order valence-corrected chi connectivity index (χ1v) is 6.50. The SMILES string of the molecule is COc1ccc(-c2csc3cc(O)ccc23)cc1. The summed E-state index contributed by atoms with van der Waals surface area (Å²) < 4.78 is 6.26. The van der Waals surface area contributed by atoms with E-state index in [1.807, 2.05) is 30.3 Å². The summed E-state index contributed by atoms with van der Waals surface area (Å²) in [5, 5.41) is 12.8. The van der Waals surface area contributed by atoms with Gasteiger partial charge in [0.25, 0.3) is 0 Å². The molecule has 2 aromatic carbocycles. The number of rotatable bonds is 2. The number of hydrogen-bond donors (Lipinski definition) is 1. The molecule has 0 aliphatic heterocycles. The van der Waals surface area contributed by atoms with Crippen LogP contribution in [0.15, 0.2) is 47.8 Å². The van der Waals surface area contributed by atoms with Crippen LogP contribution in [0.4, 0.5) is 0 Å². The quantitative estimate of drug-likeness (QED) is 0.741. The van der Waals surface area contributed by atoms with E-state index in [1.165, 1.54) is 10.9 Å². The van der Waals surface area contributed by atoms with Gasteiger partial charge < -0.3 is 9.84 Å². The molecule has 0 unspecified atom stereocenters. The standard InChI is InChI=1S/C15H12O2S/c1-17-12-5-2-10(3-6-12)14-9-18-15-8-11(16)4-7-13(14)15/h2-9,16H,1H3. The van der Waals surface area contributed by atoms with Crippen LogP contribution in [0.5, 0.6) is 11.5 Å². The molecular weight excluding hydrogens is 244 g/mol. The van der Waals surface area contributed by atoms with E-state index in [4.69, 9.17) is 4.74 Å². The van der Waals surface area contributed by atoms with E-state index in [-0.39, 0.29) is 0 Å². The summed E-state index contributed by atoms with van der Waals surface area (Å²) in [6, 6.07) is 13.5. The van der Waals surface area contributed by atoms with E-state index in [0.29, 0.717) is 5.75 Å². The fourth-order valence-corrected chi connectivity index (χ4v) is 3.01. The minimum absolute atomic E-state index is 0.311. The summed E-state index contributed by atoms with van der Waals surface area (Å²) in [5.74, 6) is 1.17. The molecule has 1 heterocycles. The van der Waals surface area contributed by atoms with Crippen molar-refractivity contribution in [3.05, 3.63) is 47.8 Å². The predicted molar refractivity (Wildman–Crippen MR) is 75.5 cm³/mol. The fourth-order valence-electron chi connectivity index (χ4n) is 2.01. The lowest BCUT2D eigenvalue weighted by atomic mass is 10.0. The van der Waals surface area contributed by atoms with Gasteiger partial charge in [0.15, 0.2) is 0 Å². The Kier molecular flexibility index (Phi) is 2.68. The zero-order chi connectivity index (χ0) is 12.5. The molecule has 1 aromatic heterocycles. The predicted octanol–water partition coefficient (Wildman–Crippen LogP) is 4.28. The van der Waals surface area contributed by atoms with E-state index in [0.717, 1.165) is 16.0 Å².